The number of hydrogen-bond donors (Lipinski definition) is 1. The highest BCUT2D eigenvalue weighted by atomic mass is 35.5. The standard InChI is InChI=1S/C16H17ClFN/c1-12-4-2-3-5-13(12)8-9-19-11-14-6-7-15(17)10-16(14)18/h2-7,10,19H,8-9,11H2,1H3. The Morgan fingerprint density at radius 1 is 1.11 bits per heavy atom. The first-order valence-corrected chi connectivity index (χ1v) is 6.74. The van der Waals surface area contributed by atoms with Crippen LogP contribution in [-0.4, -0.2) is 6.54 Å². The molecule has 0 amide bonds. The molecule has 1 N–H and O–H groups in total. The van der Waals surface area contributed by atoms with Crippen molar-refractivity contribution in [1.29, 1.82) is 0 Å². The van der Waals surface area contributed by atoms with Gasteiger partial charge in [0, 0.05) is 17.1 Å². The quantitative estimate of drug-likeness (QED) is 0.811. The van der Waals surface area contributed by atoms with Gasteiger partial charge in [-0.2, -0.15) is 0 Å². The summed E-state index contributed by atoms with van der Waals surface area (Å²) in [4.78, 5) is 0. The molecular weight excluding hydrogens is 261 g/mol. The van der Waals surface area contributed by atoms with Crippen LogP contribution >= 0.6 is 11.6 Å². The van der Waals surface area contributed by atoms with Crippen LogP contribution in [0.4, 0.5) is 4.39 Å². The lowest BCUT2D eigenvalue weighted by Crippen LogP contribution is -2.17. The lowest BCUT2D eigenvalue weighted by Gasteiger charge is -2.08. The molecule has 100 valence electrons. The maximum atomic E-state index is 13.5. The second-order valence-corrected chi connectivity index (χ2v) is 5.03. The third-order valence-corrected chi connectivity index (χ3v) is 3.40. The van der Waals surface area contributed by atoms with Gasteiger partial charge in [0.25, 0.3) is 0 Å². The summed E-state index contributed by atoms with van der Waals surface area (Å²) in [6, 6.07) is 13.1. The molecule has 0 aliphatic carbocycles. The van der Waals surface area contributed by atoms with Crippen molar-refractivity contribution in [2.45, 2.75) is 19.9 Å². The van der Waals surface area contributed by atoms with Gasteiger partial charge in [-0.3, -0.25) is 0 Å². The van der Waals surface area contributed by atoms with Crippen molar-refractivity contribution in [1.82, 2.24) is 5.32 Å². The molecular formula is C16H17ClFN. The topological polar surface area (TPSA) is 12.0 Å². The summed E-state index contributed by atoms with van der Waals surface area (Å²) in [5.74, 6) is -0.254. The fraction of sp³-hybridized carbons (Fsp3) is 0.250. The SMILES string of the molecule is Cc1ccccc1CCNCc1ccc(Cl)cc1F. The highest BCUT2D eigenvalue weighted by Crippen LogP contribution is 2.14. The first-order chi connectivity index (χ1) is 9.16. The van der Waals surface area contributed by atoms with Gasteiger partial charge in [0.15, 0.2) is 0 Å². The van der Waals surface area contributed by atoms with Gasteiger partial charge in [0.05, 0.1) is 0 Å². The summed E-state index contributed by atoms with van der Waals surface area (Å²) in [6.45, 7) is 3.45. The van der Waals surface area contributed by atoms with Gasteiger partial charge >= 0.3 is 0 Å². The molecule has 0 aliphatic rings. The van der Waals surface area contributed by atoms with Crippen LogP contribution < -0.4 is 5.32 Å². The number of rotatable bonds is 5. The normalized spacial score (nSPS) is 10.7. The molecule has 0 atom stereocenters. The van der Waals surface area contributed by atoms with Crippen molar-refractivity contribution in [3.8, 4) is 0 Å². The van der Waals surface area contributed by atoms with Crippen LogP contribution in [0.3, 0.4) is 0 Å². The Morgan fingerprint density at radius 3 is 2.63 bits per heavy atom. The molecule has 0 saturated heterocycles. The summed E-state index contributed by atoms with van der Waals surface area (Å²) in [7, 11) is 0. The maximum absolute atomic E-state index is 13.5. The fourth-order valence-corrected chi connectivity index (χ4v) is 2.16. The molecule has 3 heteroatoms. The third kappa shape index (κ3) is 4.05. The largest absolute Gasteiger partial charge is 0.312 e. The van der Waals surface area contributed by atoms with Crippen LogP contribution in [0.15, 0.2) is 42.5 Å². The zero-order chi connectivity index (χ0) is 13.7. The summed E-state index contributed by atoms with van der Waals surface area (Å²) in [5.41, 5.74) is 3.27. The van der Waals surface area contributed by atoms with E-state index in [1.807, 2.05) is 12.1 Å². The van der Waals surface area contributed by atoms with E-state index < -0.39 is 0 Å². The van der Waals surface area contributed by atoms with Crippen LogP contribution in [0.5, 0.6) is 0 Å². The van der Waals surface area contributed by atoms with E-state index in [1.165, 1.54) is 17.2 Å². The number of halogens is 2. The van der Waals surface area contributed by atoms with Gasteiger partial charge in [0.1, 0.15) is 5.82 Å². The molecule has 2 rings (SSSR count). The minimum absolute atomic E-state index is 0.254. The summed E-state index contributed by atoms with van der Waals surface area (Å²) < 4.78 is 13.5. The van der Waals surface area contributed by atoms with Crippen molar-refractivity contribution in [3.05, 3.63) is 70.0 Å². The highest BCUT2D eigenvalue weighted by molar-refractivity contribution is 6.30. The highest BCUT2D eigenvalue weighted by Gasteiger charge is 2.02. The fourth-order valence-electron chi connectivity index (χ4n) is 2.00. The van der Waals surface area contributed by atoms with Crippen molar-refractivity contribution in [2.24, 2.45) is 0 Å². The van der Waals surface area contributed by atoms with E-state index in [1.54, 1.807) is 12.1 Å². The molecule has 2 aromatic carbocycles. The molecule has 0 radical (unpaired) electrons. The summed E-state index contributed by atoms with van der Waals surface area (Å²) >= 11 is 5.72. The molecule has 0 saturated carbocycles. The van der Waals surface area contributed by atoms with Crippen LogP contribution in [0.1, 0.15) is 16.7 Å². The first-order valence-electron chi connectivity index (χ1n) is 6.36. The zero-order valence-electron chi connectivity index (χ0n) is 10.9. The minimum Gasteiger partial charge on any atom is -0.312 e. The lowest BCUT2D eigenvalue weighted by molar-refractivity contribution is 0.588. The predicted octanol–water partition coefficient (Wildman–Crippen LogP) is 4.12. The zero-order valence-corrected chi connectivity index (χ0v) is 11.7. The second-order valence-electron chi connectivity index (χ2n) is 4.59. The van der Waals surface area contributed by atoms with E-state index in [-0.39, 0.29) is 5.82 Å². The second kappa shape index (κ2) is 6.69. The van der Waals surface area contributed by atoms with E-state index in [0.29, 0.717) is 17.1 Å². The molecule has 0 aliphatic heterocycles. The molecule has 0 bridgehead atoms. The molecule has 0 unspecified atom stereocenters. The van der Waals surface area contributed by atoms with Gasteiger partial charge in [-0.25, -0.2) is 4.39 Å². The van der Waals surface area contributed by atoms with Crippen LogP contribution in [0.25, 0.3) is 0 Å². The van der Waals surface area contributed by atoms with Gasteiger partial charge < -0.3 is 5.32 Å². The van der Waals surface area contributed by atoms with E-state index in [4.69, 9.17) is 11.6 Å². The number of aryl methyl sites for hydroxylation is 1. The van der Waals surface area contributed by atoms with Crippen molar-refractivity contribution in [3.63, 3.8) is 0 Å². The molecule has 0 spiro atoms. The average Bonchev–Trinajstić information content (AvgIpc) is 2.38. The van der Waals surface area contributed by atoms with E-state index >= 15 is 0 Å². The summed E-state index contributed by atoms with van der Waals surface area (Å²) in [5, 5.41) is 3.69. The van der Waals surface area contributed by atoms with Gasteiger partial charge in [-0.1, -0.05) is 41.9 Å². The maximum Gasteiger partial charge on any atom is 0.129 e. The Bertz CT molecular complexity index is 554. The number of benzene rings is 2. The van der Waals surface area contributed by atoms with Crippen molar-refractivity contribution in [2.75, 3.05) is 6.54 Å². The van der Waals surface area contributed by atoms with Crippen LogP contribution in [0.2, 0.25) is 5.02 Å². The average molecular weight is 278 g/mol. The molecule has 0 heterocycles. The Kier molecular flexibility index (Phi) is 4.94. The Balaban J connectivity index is 1.83. The lowest BCUT2D eigenvalue weighted by atomic mass is 10.1. The van der Waals surface area contributed by atoms with Gasteiger partial charge in [-0.05, 0) is 43.1 Å². The number of hydrogen-bond acceptors (Lipinski definition) is 1. The molecule has 0 aromatic heterocycles. The molecule has 0 fully saturated rings. The van der Waals surface area contributed by atoms with E-state index in [9.17, 15) is 4.39 Å². The van der Waals surface area contributed by atoms with Gasteiger partial charge in [-0.15, -0.1) is 0 Å². The predicted molar refractivity (Wildman–Crippen MR) is 78.0 cm³/mol. The summed E-state index contributed by atoms with van der Waals surface area (Å²) in [6.07, 6.45) is 0.946. The van der Waals surface area contributed by atoms with E-state index in [0.717, 1.165) is 13.0 Å². The monoisotopic (exact) mass is 277 g/mol. The van der Waals surface area contributed by atoms with Gasteiger partial charge in [0.2, 0.25) is 0 Å². The van der Waals surface area contributed by atoms with Crippen LogP contribution in [0, 0.1) is 12.7 Å². The first kappa shape index (κ1) is 14.0. The van der Waals surface area contributed by atoms with E-state index in [2.05, 4.69) is 24.4 Å². The van der Waals surface area contributed by atoms with Crippen LogP contribution in [-0.2, 0) is 13.0 Å². The Hall–Kier alpha value is -1.38. The van der Waals surface area contributed by atoms with Crippen molar-refractivity contribution >= 4 is 11.6 Å². The van der Waals surface area contributed by atoms with Crippen molar-refractivity contribution < 1.29 is 4.39 Å². The molecule has 2 aromatic rings. The smallest absolute Gasteiger partial charge is 0.129 e. The Morgan fingerprint density at radius 2 is 1.89 bits per heavy atom. The minimum atomic E-state index is -0.254. The number of nitrogens with one attached hydrogen (secondary N) is 1. The molecule has 19 heavy (non-hydrogen) atoms. The Labute approximate surface area is 118 Å². The third-order valence-electron chi connectivity index (χ3n) is 3.16. The molecule has 1 nitrogen and oxygen atoms in total.